The highest BCUT2D eigenvalue weighted by atomic mass is 16.6. The first-order valence-corrected chi connectivity index (χ1v) is 9.27. The van der Waals surface area contributed by atoms with Crippen LogP contribution in [0.1, 0.15) is 28.3 Å². The maximum absolute atomic E-state index is 12.0. The molecule has 0 saturated heterocycles. The molecule has 5 nitrogen and oxygen atoms in total. The van der Waals surface area contributed by atoms with E-state index in [0.29, 0.717) is 13.2 Å². The molecule has 2 heterocycles. The van der Waals surface area contributed by atoms with Crippen molar-refractivity contribution in [2.24, 2.45) is 0 Å². The molecule has 0 unspecified atom stereocenters. The van der Waals surface area contributed by atoms with E-state index in [2.05, 4.69) is 4.57 Å². The third kappa shape index (κ3) is 4.94. The lowest BCUT2D eigenvalue weighted by Gasteiger charge is -2.08. The largest absolute Gasteiger partial charge is 0.490 e. The van der Waals surface area contributed by atoms with Crippen molar-refractivity contribution in [3.63, 3.8) is 0 Å². The van der Waals surface area contributed by atoms with Crippen LogP contribution >= 0.6 is 0 Å². The lowest BCUT2D eigenvalue weighted by Crippen LogP contribution is -2.10. The standard InChI is InChI=1S/C23H25NO4/c1-17-7-4-5-9-22(17)27-13-14-28-23(25)11-10-20-15-18(2)24(19(20)3)16-21-8-6-12-26-21/h4-12,15H,13-14,16H2,1-3H3/b11-10+. The summed E-state index contributed by atoms with van der Waals surface area (Å²) in [4.78, 5) is 12.0. The van der Waals surface area contributed by atoms with Gasteiger partial charge in [0, 0.05) is 17.5 Å². The van der Waals surface area contributed by atoms with Crippen molar-refractivity contribution in [1.82, 2.24) is 4.57 Å². The van der Waals surface area contributed by atoms with Gasteiger partial charge in [-0.1, -0.05) is 18.2 Å². The van der Waals surface area contributed by atoms with Crippen molar-refractivity contribution in [3.8, 4) is 5.75 Å². The molecule has 0 aliphatic rings. The molecule has 5 heteroatoms. The number of aryl methyl sites for hydroxylation is 2. The number of esters is 1. The van der Waals surface area contributed by atoms with E-state index in [1.165, 1.54) is 6.08 Å². The maximum atomic E-state index is 12.0. The first-order chi connectivity index (χ1) is 13.5. The minimum Gasteiger partial charge on any atom is -0.490 e. The Hall–Kier alpha value is -3.21. The van der Waals surface area contributed by atoms with Gasteiger partial charge in [-0.25, -0.2) is 4.79 Å². The average Bonchev–Trinajstić information content (AvgIpc) is 3.29. The normalized spacial score (nSPS) is 11.1. The third-order valence-electron chi connectivity index (χ3n) is 4.58. The van der Waals surface area contributed by atoms with E-state index >= 15 is 0 Å². The summed E-state index contributed by atoms with van der Waals surface area (Å²) in [5.74, 6) is 1.31. The molecule has 0 N–H and O–H groups in total. The van der Waals surface area contributed by atoms with Crippen LogP contribution in [0.4, 0.5) is 0 Å². The van der Waals surface area contributed by atoms with Gasteiger partial charge in [-0.2, -0.15) is 0 Å². The summed E-state index contributed by atoms with van der Waals surface area (Å²) in [6.07, 6.45) is 4.90. The summed E-state index contributed by atoms with van der Waals surface area (Å²) in [5, 5.41) is 0. The fraction of sp³-hybridized carbons (Fsp3) is 0.261. The second-order valence-electron chi connectivity index (χ2n) is 6.61. The first kappa shape index (κ1) is 19.5. The van der Waals surface area contributed by atoms with Gasteiger partial charge in [0.15, 0.2) is 0 Å². The van der Waals surface area contributed by atoms with Gasteiger partial charge >= 0.3 is 5.97 Å². The number of ether oxygens (including phenoxy) is 2. The Labute approximate surface area is 165 Å². The molecule has 0 saturated carbocycles. The summed E-state index contributed by atoms with van der Waals surface area (Å²) in [6.45, 7) is 7.23. The van der Waals surface area contributed by atoms with Gasteiger partial charge in [-0.15, -0.1) is 0 Å². The second kappa shape index (κ2) is 9.13. The molecule has 3 rings (SSSR count). The molecular formula is C23H25NO4. The smallest absolute Gasteiger partial charge is 0.330 e. The molecular weight excluding hydrogens is 354 g/mol. The number of furan rings is 1. The van der Waals surface area contributed by atoms with Gasteiger partial charge in [-0.3, -0.25) is 0 Å². The lowest BCUT2D eigenvalue weighted by molar-refractivity contribution is -0.138. The van der Waals surface area contributed by atoms with Crippen LogP contribution < -0.4 is 4.74 Å². The van der Waals surface area contributed by atoms with E-state index in [-0.39, 0.29) is 12.6 Å². The molecule has 3 aromatic rings. The highest BCUT2D eigenvalue weighted by Gasteiger charge is 2.09. The lowest BCUT2D eigenvalue weighted by atomic mass is 10.2. The average molecular weight is 379 g/mol. The number of carbonyl (C=O) groups excluding carboxylic acids is 1. The van der Waals surface area contributed by atoms with Crippen LogP contribution in [-0.2, 0) is 16.1 Å². The second-order valence-corrected chi connectivity index (χ2v) is 6.61. The Morgan fingerprint density at radius 2 is 1.93 bits per heavy atom. The van der Waals surface area contributed by atoms with Gasteiger partial charge in [-0.05, 0) is 62.2 Å². The third-order valence-corrected chi connectivity index (χ3v) is 4.58. The molecule has 0 bridgehead atoms. The topological polar surface area (TPSA) is 53.6 Å². The van der Waals surface area contributed by atoms with E-state index in [1.807, 2.05) is 63.2 Å². The molecule has 0 fully saturated rings. The molecule has 0 spiro atoms. The van der Waals surface area contributed by atoms with Crippen LogP contribution in [0, 0.1) is 20.8 Å². The van der Waals surface area contributed by atoms with Crippen molar-refractivity contribution in [2.45, 2.75) is 27.3 Å². The molecule has 0 atom stereocenters. The number of benzene rings is 1. The summed E-state index contributed by atoms with van der Waals surface area (Å²) in [7, 11) is 0. The zero-order valence-electron chi connectivity index (χ0n) is 16.5. The molecule has 146 valence electrons. The van der Waals surface area contributed by atoms with Crippen molar-refractivity contribution >= 4 is 12.0 Å². The highest BCUT2D eigenvalue weighted by Crippen LogP contribution is 2.19. The number of nitrogens with zero attached hydrogens (tertiary/aromatic N) is 1. The summed E-state index contributed by atoms with van der Waals surface area (Å²) >= 11 is 0. The van der Waals surface area contributed by atoms with Crippen LogP contribution in [0.2, 0.25) is 0 Å². The number of carbonyl (C=O) groups is 1. The Morgan fingerprint density at radius 3 is 2.68 bits per heavy atom. The Kier molecular flexibility index (Phi) is 6.37. The van der Waals surface area contributed by atoms with Crippen LogP contribution in [0.5, 0.6) is 5.75 Å². The molecule has 0 aliphatic heterocycles. The van der Waals surface area contributed by atoms with E-state index < -0.39 is 0 Å². The minimum atomic E-state index is -0.385. The van der Waals surface area contributed by atoms with Gasteiger partial charge in [0.1, 0.15) is 24.7 Å². The Balaban J connectivity index is 1.51. The van der Waals surface area contributed by atoms with Gasteiger partial charge in [0.25, 0.3) is 0 Å². The zero-order valence-corrected chi connectivity index (χ0v) is 16.5. The Bertz CT molecular complexity index is 951. The first-order valence-electron chi connectivity index (χ1n) is 9.27. The summed E-state index contributed by atoms with van der Waals surface area (Å²) < 4.78 is 18.4. The quantitative estimate of drug-likeness (QED) is 0.324. The number of para-hydroxylation sites is 1. The fourth-order valence-electron chi connectivity index (χ4n) is 3.02. The van der Waals surface area contributed by atoms with Gasteiger partial charge in [0.2, 0.25) is 0 Å². The van der Waals surface area contributed by atoms with Gasteiger partial charge in [0.05, 0.1) is 12.8 Å². The summed E-state index contributed by atoms with van der Waals surface area (Å²) in [5.41, 5.74) is 4.21. The number of hydrogen-bond acceptors (Lipinski definition) is 4. The minimum absolute atomic E-state index is 0.203. The van der Waals surface area contributed by atoms with Crippen LogP contribution in [-0.4, -0.2) is 23.8 Å². The zero-order chi connectivity index (χ0) is 19.9. The van der Waals surface area contributed by atoms with Crippen molar-refractivity contribution in [1.29, 1.82) is 0 Å². The maximum Gasteiger partial charge on any atom is 0.330 e. The number of rotatable bonds is 8. The highest BCUT2D eigenvalue weighted by molar-refractivity contribution is 5.87. The molecule has 0 radical (unpaired) electrons. The molecule has 28 heavy (non-hydrogen) atoms. The molecule has 2 aromatic heterocycles. The predicted octanol–water partition coefficient (Wildman–Crippen LogP) is 4.69. The number of hydrogen-bond donors (Lipinski definition) is 0. The van der Waals surface area contributed by atoms with Crippen LogP contribution in [0.25, 0.3) is 6.08 Å². The van der Waals surface area contributed by atoms with Crippen molar-refractivity contribution in [2.75, 3.05) is 13.2 Å². The molecule has 1 aromatic carbocycles. The Morgan fingerprint density at radius 1 is 1.11 bits per heavy atom. The SMILES string of the molecule is Cc1ccccc1OCCOC(=O)/C=C/c1cc(C)n(Cc2ccco2)c1C. The van der Waals surface area contributed by atoms with Crippen LogP contribution in [0.3, 0.4) is 0 Å². The van der Waals surface area contributed by atoms with Crippen molar-refractivity contribution < 1.29 is 18.7 Å². The monoisotopic (exact) mass is 379 g/mol. The fourth-order valence-corrected chi connectivity index (χ4v) is 3.02. The van der Waals surface area contributed by atoms with Gasteiger partial charge < -0.3 is 18.5 Å². The van der Waals surface area contributed by atoms with E-state index in [9.17, 15) is 4.79 Å². The molecule has 0 amide bonds. The number of aromatic nitrogens is 1. The molecule has 0 aliphatic carbocycles. The van der Waals surface area contributed by atoms with Crippen LogP contribution in [0.15, 0.2) is 59.2 Å². The predicted molar refractivity (Wildman–Crippen MR) is 108 cm³/mol. The van der Waals surface area contributed by atoms with E-state index in [0.717, 1.165) is 34.0 Å². The van der Waals surface area contributed by atoms with E-state index in [4.69, 9.17) is 13.9 Å². The van der Waals surface area contributed by atoms with E-state index in [1.54, 1.807) is 12.3 Å². The summed E-state index contributed by atoms with van der Waals surface area (Å²) in [6, 6.07) is 13.6. The van der Waals surface area contributed by atoms with Crippen molar-refractivity contribution in [3.05, 3.63) is 83.1 Å².